The molecule has 3 nitrogen and oxygen atoms in total. The lowest BCUT2D eigenvalue weighted by Gasteiger charge is -2.40. The average molecular weight is 262 g/mol. The molecule has 1 N–H and O–H groups in total. The third kappa shape index (κ3) is 3.28. The highest BCUT2D eigenvalue weighted by Gasteiger charge is 2.22. The second-order valence-corrected chi connectivity index (χ2v) is 5.50. The highest BCUT2D eigenvalue weighted by Crippen LogP contribution is 2.23. The standard InChI is InChI=1S/C16H26N2O/c1-4-14-12-18(11-10-17(14)3)15-8-6-13(7-9-15)16(19)5-2/h6-9,14,16,19H,4-5,10-12H2,1-3H3. The number of nitrogens with zero attached hydrogens (tertiary/aromatic N) is 2. The van der Waals surface area contributed by atoms with Crippen molar-refractivity contribution in [2.24, 2.45) is 0 Å². The van der Waals surface area contributed by atoms with Crippen molar-refractivity contribution in [2.45, 2.75) is 38.8 Å². The molecule has 2 rings (SSSR count). The van der Waals surface area contributed by atoms with Crippen LogP contribution in [0.25, 0.3) is 0 Å². The van der Waals surface area contributed by atoms with E-state index in [4.69, 9.17) is 0 Å². The predicted octanol–water partition coefficient (Wildman–Crippen LogP) is 2.66. The second kappa shape index (κ2) is 6.40. The number of hydrogen-bond donors (Lipinski definition) is 1. The van der Waals surface area contributed by atoms with Crippen molar-refractivity contribution >= 4 is 5.69 Å². The fraction of sp³-hybridized carbons (Fsp3) is 0.625. The van der Waals surface area contributed by atoms with E-state index in [9.17, 15) is 5.11 Å². The van der Waals surface area contributed by atoms with Gasteiger partial charge in [-0.1, -0.05) is 26.0 Å². The second-order valence-electron chi connectivity index (χ2n) is 5.50. The van der Waals surface area contributed by atoms with Crippen LogP contribution in [-0.2, 0) is 0 Å². The van der Waals surface area contributed by atoms with Gasteiger partial charge >= 0.3 is 0 Å². The Morgan fingerprint density at radius 3 is 2.47 bits per heavy atom. The number of piperazine rings is 1. The van der Waals surface area contributed by atoms with E-state index in [1.807, 2.05) is 6.92 Å². The first-order valence-corrected chi connectivity index (χ1v) is 7.38. The largest absolute Gasteiger partial charge is 0.388 e. The monoisotopic (exact) mass is 262 g/mol. The molecule has 0 aromatic heterocycles. The summed E-state index contributed by atoms with van der Waals surface area (Å²) in [5.74, 6) is 0. The van der Waals surface area contributed by atoms with Gasteiger partial charge < -0.3 is 10.0 Å². The number of rotatable bonds is 4. The van der Waals surface area contributed by atoms with Gasteiger partial charge in [0.05, 0.1) is 6.10 Å². The van der Waals surface area contributed by atoms with E-state index in [-0.39, 0.29) is 6.10 Å². The summed E-state index contributed by atoms with van der Waals surface area (Å²) in [6, 6.07) is 9.05. The minimum atomic E-state index is -0.329. The Morgan fingerprint density at radius 2 is 1.89 bits per heavy atom. The van der Waals surface area contributed by atoms with Crippen molar-refractivity contribution in [3.05, 3.63) is 29.8 Å². The topological polar surface area (TPSA) is 26.7 Å². The molecular weight excluding hydrogens is 236 g/mol. The summed E-state index contributed by atoms with van der Waals surface area (Å²) in [5, 5.41) is 9.83. The van der Waals surface area contributed by atoms with Gasteiger partial charge in [0.25, 0.3) is 0 Å². The SMILES string of the molecule is CCC(O)c1ccc(N2CCN(C)C(CC)C2)cc1. The van der Waals surface area contributed by atoms with Gasteiger partial charge in [-0.05, 0) is 37.6 Å². The summed E-state index contributed by atoms with van der Waals surface area (Å²) >= 11 is 0. The molecule has 0 aliphatic carbocycles. The molecule has 1 fully saturated rings. The Balaban J connectivity index is 2.06. The van der Waals surface area contributed by atoms with Crippen molar-refractivity contribution < 1.29 is 5.11 Å². The van der Waals surface area contributed by atoms with Crippen molar-refractivity contribution in [1.29, 1.82) is 0 Å². The maximum atomic E-state index is 9.83. The zero-order valence-corrected chi connectivity index (χ0v) is 12.3. The number of aliphatic hydroxyl groups is 1. The zero-order chi connectivity index (χ0) is 13.8. The number of benzene rings is 1. The van der Waals surface area contributed by atoms with Gasteiger partial charge in [0.1, 0.15) is 0 Å². The van der Waals surface area contributed by atoms with Gasteiger partial charge in [-0.3, -0.25) is 4.90 Å². The van der Waals surface area contributed by atoms with Gasteiger partial charge in [-0.15, -0.1) is 0 Å². The molecule has 1 saturated heterocycles. The van der Waals surface area contributed by atoms with Gasteiger partial charge in [-0.2, -0.15) is 0 Å². The minimum absolute atomic E-state index is 0.329. The van der Waals surface area contributed by atoms with Crippen LogP contribution in [0.5, 0.6) is 0 Å². The van der Waals surface area contributed by atoms with Crippen molar-refractivity contribution in [1.82, 2.24) is 4.90 Å². The molecule has 106 valence electrons. The molecule has 1 aliphatic heterocycles. The van der Waals surface area contributed by atoms with Crippen LogP contribution in [0.1, 0.15) is 38.4 Å². The number of likely N-dealkylation sites (N-methyl/N-ethyl adjacent to an activating group) is 1. The van der Waals surface area contributed by atoms with Gasteiger partial charge in [0.2, 0.25) is 0 Å². The lowest BCUT2D eigenvalue weighted by molar-refractivity contribution is 0.173. The minimum Gasteiger partial charge on any atom is -0.388 e. The molecule has 0 saturated carbocycles. The molecule has 0 radical (unpaired) electrons. The maximum absolute atomic E-state index is 9.83. The molecule has 1 aliphatic rings. The van der Waals surface area contributed by atoms with Crippen LogP contribution in [0.3, 0.4) is 0 Å². The van der Waals surface area contributed by atoms with E-state index < -0.39 is 0 Å². The molecular formula is C16H26N2O. The third-order valence-corrected chi connectivity index (χ3v) is 4.28. The third-order valence-electron chi connectivity index (χ3n) is 4.28. The summed E-state index contributed by atoms with van der Waals surface area (Å²) in [6.07, 6.45) is 1.63. The highest BCUT2D eigenvalue weighted by molar-refractivity contribution is 5.48. The van der Waals surface area contributed by atoms with Crippen LogP contribution in [0.4, 0.5) is 5.69 Å². The first kappa shape index (κ1) is 14.4. The quantitative estimate of drug-likeness (QED) is 0.903. The Bertz CT molecular complexity index is 390. The Labute approximate surface area is 116 Å². The zero-order valence-electron chi connectivity index (χ0n) is 12.3. The Kier molecular flexibility index (Phi) is 4.83. The van der Waals surface area contributed by atoms with Crippen LogP contribution in [0, 0.1) is 0 Å². The van der Waals surface area contributed by atoms with Crippen molar-refractivity contribution in [3.8, 4) is 0 Å². The predicted molar refractivity (Wildman–Crippen MR) is 80.6 cm³/mol. The fourth-order valence-electron chi connectivity index (χ4n) is 2.76. The molecule has 0 amide bonds. The van der Waals surface area contributed by atoms with Crippen LogP contribution < -0.4 is 4.90 Å². The van der Waals surface area contributed by atoms with E-state index in [0.29, 0.717) is 6.04 Å². The van der Waals surface area contributed by atoms with E-state index in [0.717, 1.165) is 31.6 Å². The molecule has 3 heteroatoms. The lowest BCUT2D eigenvalue weighted by Crippen LogP contribution is -2.51. The normalized spacial score (nSPS) is 22.5. The van der Waals surface area contributed by atoms with E-state index in [1.54, 1.807) is 0 Å². The van der Waals surface area contributed by atoms with Crippen molar-refractivity contribution in [3.63, 3.8) is 0 Å². The van der Waals surface area contributed by atoms with E-state index in [1.165, 1.54) is 12.1 Å². The summed E-state index contributed by atoms with van der Waals surface area (Å²) in [7, 11) is 2.21. The van der Waals surface area contributed by atoms with Gasteiger partial charge in [-0.25, -0.2) is 0 Å². The molecule has 0 bridgehead atoms. The smallest absolute Gasteiger partial charge is 0.0787 e. The lowest BCUT2D eigenvalue weighted by atomic mass is 10.1. The first-order valence-electron chi connectivity index (χ1n) is 7.38. The highest BCUT2D eigenvalue weighted by atomic mass is 16.3. The first-order chi connectivity index (χ1) is 9.15. The van der Waals surface area contributed by atoms with Crippen molar-refractivity contribution in [2.75, 3.05) is 31.6 Å². The Morgan fingerprint density at radius 1 is 1.21 bits per heavy atom. The maximum Gasteiger partial charge on any atom is 0.0787 e. The molecule has 19 heavy (non-hydrogen) atoms. The van der Waals surface area contributed by atoms with Crippen LogP contribution in [0.15, 0.2) is 24.3 Å². The summed E-state index contributed by atoms with van der Waals surface area (Å²) < 4.78 is 0. The Hall–Kier alpha value is -1.06. The van der Waals surface area contributed by atoms with Crippen LogP contribution >= 0.6 is 0 Å². The van der Waals surface area contributed by atoms with Gasteiger partial charge in [0.15, 0.2) is 0 Å². The number of aliphatic hydroxyl groups excluding tert-OH is 1. The number of hydrogen-bond acceptors (Lipinski definition) is 3. The summed E-state index contributed by atoms with van der Waals surface area (Å²) in [6.45, 7) is 7.57. The van der Waals surface area contributed by atoms with Crippen LogP contribution in [0.2, 0.25) is 0 Å². The summed E-state index contributed by atoms with van der Waals surface area (Å²) in [4.78, 5) is 4.90. The van der Waals surface area contributed by atoms with Crippen LogP contribution in [-0.4, -0.2) is 42.7 Å². The summed E-state index contributed by atoms with van der Waals surface area (Å²) in [5.41, 5.74) is 2.30. The number of anilines is 1. The average Bonchev–Trinajstić information content (AvgIpc) is 2.47. The molecule has 0 spiro atoms. The molecule has 2 unspecified atom stereocenters. The molecule has 1 aromatic carbocycles. The molecule has 1 aromatic rings. The fourth-order valence-corrected chi connectivity index (χ4v) is 2.76. The molecule has 2 atom stereocenters. The van der Waals surface area contributed by atoms with E-state index in [2.05, 4.69) is 48.0 Å². The van der Waals surface area contributed by atoms with E-state index >= 15 is 0 Å². The molecule has 1 heterocycles. The van der Waals surface area contributed by atoms with Gasteiger partial charge in [0, 0.05) is 31.4 Å².